The highest BCUT2D eigenvalue weighted by Crippen LogP contribution is 2.37. The van der Waals surface area contributed by atoms with E-state index in [1.807, 2.05) is 18.2 Å². The third kappa shape index (κ3) is 4.61. The van der Waals surface area contributed by atoms with E-state index in [1.54, 1.807) is 39.5 Å². The fourth-order valence-corrected chi connectivity index (χ4v) is 4.67. The van der Waals surface area contributed by atoms with Crippen molar-refractivity contribution in [3.05, 3.63) is 49.4 Å². The topological polar surface area (TPSA) is 68.8 Å². The molecule has 148 valence electrons. The molecular weight excluding hydrogens is 515 g/mol. The lowest BCUT2D eigenvalue weighted by Gasteiger charge is -2.15. The van der Waals surface area contributed by atoms with Crippen LogP contribution < -0.4 is 24.8 Å². The maximum Gasteiger partial charge on any atom is 0.260 e. The Kier molecular flexibility index (Phi) is 6.84. The Morgan fingerprint density at radius 2 is 1.89 bits per heavy atom. The van der Waals surface area contributed by atoms with Gasteiger partial charge >= 0.3 is 0 Å². The molecule has 0 spiro atoms. The molecule has 0 radical (unpaired) electrons. The van der Waals surface area contributed by atoms with E-state index >= 15 is 0 Å². The van der Waals surface area contributed by atoms with E-state index in [2.05, 4.69) is 33.2 Å². The van der Waals surface area contributed by atoms with Gasteiger partial charge in [0.1, 0.15) is 5.75 Å². The van der Waals surface area contributed by atoms with Crippen LogP contribution in [0.15, 0.2) is 35.2 Å². The van der Waals surface area contributed by atoms with Crippen LogP contribution in [-0.4, -0.2) is 32.7 Å². The van der Waals surface area contributed by atoms with Gasteiger partial charge in [0.05, 0.1) is 35.5 Å². The minimum atomic E-state index is -0.342. The molecule has 0 aliphatic carbocycles. The number of amides is 1. The molecule has 2 N–H and O–H groups in total. The highest BCUT2D eigenvalue weighted by Gasteiger charge is 2.28. The highest BCUT2D eigenvalue weighted by molar-refractivity contribution is 14.1. The summed E-state index contributed by atoms with van der Waals surface area (Å²) < 4.78 is 17.0. The van der Waals surface area contributed by atoms with Crippen LogP contribution in [0.1, 0.15) is 5.56 Å². The molecule has 1 unspecified atom stereocenters. The Labute approximate surface area is 186 Å². The number of anilines is 1. The number of methoxy groups -OCH3 is 3. The van der Waals surface area contributed by atoms with Gasteiger partial charge in [0.15, 0.2) is 17.0 Å². The summed E-state index contributed by atoms with van der Waals surface area (Å²) in [4.78, 5) is 13.0. The monoisotopic (exact) mass is 532 g/mol. The smallest absolute Gasteiger partial charge is 0.260 e. The van der Waals surface area contributed by atoms with E-state index < -0.39 is 0 Å². The van der Waals surface area contributed by atoms with Gasteiger partial charge in [-0.1, -0.05) is 23.4 Å². The number of carbonyl (C=O) groups excluding carboxylic acids is 1. The van der Waals surface area contributed by atoms with Gasteiger partial charge < -0.3 is 24.8 Å². The molecular formula is C19H18ClIN2O4S. The Bertz CT molecular complexity index is 938. The molecule has 1 aliphatic rings. The third-order valence-corrected chi connectivity index (χ3v) is 6.00. The molecule has 1 amide bonds. The molecule has 1 aliphatic heterocycles. The van der Waals surface area contributed by atoms with Crippen molar-refractivity contribution < 1.29 is 19.0 Å². The summed E-state index contributed by atoms with van der Waals surface area (Å²) in [6.45, 7) is 0. The molecule has 1 heterocycles. The van der Waals surface area contributed by atoms with Crippen LogP contribution in [0.5, 0.6) is 17.2 Å². The number of thioether (sulfide) groups is 1. The molecule has 1 fully saturated rings. The van der Waals surface area contributed by atoms with Crippen molar-refractivity contribution in [3.8, 4) is 17.2 Å². The number of benzene rings is 2. The molecule has 0 aromatic heterocycles. The van der Waals surface area contributed by atoms with Gasteiger partial charge in [0.25, 0.3) is 5.91 Å². The SMILES string of the molecule is COc1ccc(Cl)cc1NC1NC(=O)/C(=C/c2cc(I)c(OC)c(OC)c2)S1. The highest BCUT2D eigenvalue weighted by atomic mass is 127. The molecule has 9 heteroatoms. The Morgan fingerprint density at radius 1 is 1.14 bits per heavy atom. The first-order valence-electron chi connectivity index (χ1n) is 8.16. The molecule has 0 bridgehead atoms. The van der Waals surface area contributed by atoms with E-state index in [0.29, 0.717) is 32.9 Å². The van der Waals surface area contributed by atoms with Gasteiger partial charge in [-0.3, -0.25) is 4.79 Å². The zero-order chi connectivity index (χ0) is 20.3. The summed E-state index contributed by atoms with van der Waals surface area (Å²) in [5.41, 5.74) is 1.21. The van der Waals surface area contributed by atoms with Crippen LogP contribution in [0, 0.1) is 3.57 Å². The van der Waals surface area contributed by atoms with Gasteiger partial charge in [-0.05, 0) is 64.6 Å². The Hall–Kier alpha value is -1.78. The van der Waals surface area contributed by atoms with Crippen molar-refractivity contribution in [2.75, 3.05) is 26.6 Å². The summed E-state index contributed by atoms with van der Waals surface area (Å²) in [7, 11) is 4.76. The lowest BCUT2D eigenvalue weighted by Crippen LogP contribution is -2.31. The predicted molar refractivity (Wildman–Crippen MR) is 121 cm³/mol. The largest absolute Gasteiger partial charge is 0.495 e. The summed E-state index contributed by atoms with van der Waals surface area (Å²) >= 11 is 9.62. The number of ether oxygens (including phenoxy) is 3. The number of nitrogens with one attached hydrogen (secondary N) is 2. The fraction of sp³-hybridized carbons (Fsp3) is 0.211. The first-order chi connectivity index (χ1) is 13.4. The van der Waals surface area contributed by atoms with Crippen LogP contribution >= 0.6 is 46.0 Å². The average Bonchev–Trinajstić information content (AvgIpc) is 3.00. The zero-order valence-corrected chi connectivity index (χ0v) is 19.1. The van der Waals surface area contributed by atoms with Gasteiger partial charge in [-0.2, -0.15) is 0 Å². The second-order valence-electron chi connectivity index (χ2n) is 5.71. The maximum atomic E-state index is 12.4. The Balaban J connectivity index is 1.82. The average molecular weight is 533 g/mol. The second kappa shape index (κ2) is 9.15. The number of carbonyl (C=O) groups is 1. The van der Waals surface area contributed by atoms with Crippen LogP contribution in [0.3, 0.4) is 0 Å². The fourth-order valence-electron chi connectivity index (χ4n) is 2.67. The minimum Gasteiger partial charge on any atom is -0.495 e. The first-order valence-corrected chi connectivity index (χ1v) is 10.5. The summed E-state index contributed by atoms with van der Waals surface area (Å²) in [5.74, 6) is 1.77. The standard InChI is InChI=1S/C19H18ClIN2O4S/c1-25-14-5-4-11(20)9-13(14)22-19-23-18(24)16(28-19)8-10-6-12(21)17(27-3)15(7-10)26-2/h4-9,19,22H,1-3H3,(H,23,24)/b16-8-. The van der Waals surface area contributed by atoms with Crippen LogP contribution in [0.4, 0.5) is 5.69 Å². The Morgan fingerprint density at radius 3 is 2.57 bits per heavy atom. The van der Waals surface area contributed by atoms with E-state index in [4.69, 9.17) is 25.8 Å². The summed E-state index contributed by atoms with van der Waals surface area (Å²) in [5, 5.41) is 6.71. The van der Waals surface area contributed by atoms with Gasteiger partial charge in [0.2, 0.25) is 0 Å². The number of halogens is 2. The lowest BCUT2D eigenvalue weighted by molar-refractivity contribution is -0.116. The van der Waals surface area contributed by atoms with Gasteiger partial charge in [-0.25, -0.2) is 0 Å². The van der Waals surface area contributed by atoms with Crippen molar-refractivity contribution in [1.29, 1.82) is 0 Å². The number of hydrogen-bond acceptors (Lipinski definition) is 6. The molecule has 2 aromatic carbocycles. The van der Waals surface area contributed by atoms with Gasteiger partial charge in [-0.15, -0.1) is 0 Å². The zero-order valence-electron chi connectivity index (χ0n) is 15.3. The van der Waals surface area contributed by atoms with Crippen molar-refractivity contribution >= 4 is 63.6 Å². The van der Waals surface area contributed by atoms with Crippen LogP contribution in [-0.2, 0) is 4.79 Å². The van der Waals surface area contributed by atoms with Crippen LogP contribution in [0.25, 0.3) is 6.08 Å². The van der Waals surface area contributed by atoms with E-state index in [9.17, 15) is 4.79 Å². The minimum absolute atomic E-state index is 0.159. The molecule has 0 saturated carbocycles. The normalized spacial score (nSPS) is 17.4. The molecule has 28 heavy (non-hydrogen) atoms. The van der Waals surface area contributed by atoms with Gasteiger partial charge in [0, 0.05) is 5.02 Å². The van der Waals surface area contributed by atoms with E-state index in [1.165, 1.54) is 11.8 Å². The lowest BCUT2D eigenvalue weighted by atomic mass is 10.2. The second-order valence-corrected chi connectivity index (χ2v) is 8.45. The van der Waals surface area contributed by atoms with E-state index in [0.717, 1.165) is 9.13 Å². The number of rotatable bonds is 6. The van der Waals surface area contributed by atoms with Crippen molar-refractivity contribution in [2.45, 2.75) is 5.50 Å². The van der Waals surface area contributed by atoms with Crippen molar-refractivity contribution in [3.63, 3.8) is 0 Å². The molecule has 6 nitrogen and oxygen atoms in total. The quantitative estimate of drug-likeness (QED) is 0.420. The molecule has 1 atom stereocenters. The molecule has 1 saturated heterocycles. The molecule has 3 rings (SSSR count). The third-order valence-electron chi connectivity index (χ3n) is 3.93. The van der Waals surface area contributed by atoms with E-state index in [-0.39, 0.29) is 11.4 Å². The maximum absolute atomic E-state index is 12.4. The van der Waals surface area contributed by atoms with Crippen molar-refractivity contribution in [2.24, 2.45) is 0 Å². The summed E-state index contributed by atoms with van der Waals surface area (Å²) in [6.07, 6.45) is 1.82. The number of hydrogen-bond donors (Lipinski definition) is 2. The predicted octanol–water partition coefficient (Wildman–Crippen LogP) is 4.57. The first kappa shape index (κ1) is 20.9. The summed E-state index contributed by atoms with van der Waals surface area (Å²) in [6, 6.07) is 9.04. The van der Waals surface area contributed by atoms with Crippen molar-refractivity contribution in [1.82, 2.24) is 5.32 Å². The molecule has 2 aromatic rings. The van der Waals surface area contributed by atoms with Crippen LogP contribution in [0.2, 0.25) is 5.02 Å².